The molecule has 1 amide bonds. The zero-order valence-electron chi connectivity index (χ0n) is 16.4. The molecule has 5 nitrogen and oxygen atoms in total. The largest absolute Gasteiger partial charge is 0.469 e. The highest BCUT2D eigenvalue weighted by molar-refractivity contribution is 5.94. The van der Waals surface area contributed by atoms with Crippen LogP contribution >= 0.6 is 0 Å². The van der Waals surface area contributed by atoms with Crippen LogP contribution in [0.5, 0.6) is 0 Å². The lowest BCUT2D eigenvalue weighted by atomic mass is 9.91. The van der Waals surface area contributed by atoms with Crippen LogP contribution in [0.25, 0.3) is 0 Å². The van der Waals surface area contributed by atoms with Gasteiger partial charge in [0.05, 0.1) is 7.11 Å². The Hall–Kier alpha value is -1.88. The van der Waals surface area contributed by atoms with Crippen LogP contribution in [-0.2, 0) is 16.0 Å². The van der Waals surface area contributed by atoms with E-state index in [0.717, 1.165) is 56.9 Å². The number of esters is 1. The normalized spacial score (nSPS) is 19.1. The molecule has 2 saturated heterocycles. The lowest BCUT2D eigenvalue weighted by molar-refractivity contribution is -0.142. The molecular weight excluding hydrogens is 340 g/mol. The molecule has 1 aromatic carbocycles. The van der Waals surface area contributed by atoms with Crippen LogP contribution in [0.15, 0.2) is 24.3 Å². The molecule has 0 radical (unpaired) electrons. The standard InChI is InChI=1S/C22H32N2O3/c1-27-21(25)16-19-10-14-24(15-11-19)22(26)20-6-4-17(5-7-20)2-3-18-8-12-23-13-9-18/h4-7,18-19,23H,2-3,8-16H2,1H3. The van der Waals surface area contributed by atoms with Crippen molar-refractivity contribution in [3.05, 3.63) is 35.4 Å². The van der Waals surface area contributed by atoms with E-state index in [2.05, 4.69) is 17.4 Å². The van der Waals surface area contributed by atoms with Crippen molar-refractivity contribution < 1.29 is 14.3 Å². The Balaban J connectivity index is 1.45. The summed E-state index contributed by atoms with van der Waals surface area (Å²) in [7, 11) is 1.43. The second kappa shape index (κ2) is 9.88. The third-order valence-corrected chi connectivity index (χ3v) is 6.09. The van der Waals surface area contributed by atoms with Crippen LogP contribution in [-0.4, -0.2) is 50.1 Å². The Kier molecular flexibility index (Phi) is 7.27. The minimum Gasteiger partial charge on any atom is -0.469 e. The number of nitrogens with zero attached hydrogens (tertiary/aromatic N) is 1. The highest BCUT2D eigenvalue weighted by Gasteiger charge is 2.25. The van der Waals surface area contributed by atoms with E-state index in [4.69, 9.17) is 4.74 Å². The van der Waals surface area contributed by atoms with E-state index in [1.54, 1.807) is 0 Å². The van der Waals surface area contributed by atoms with Gasteiger partial charge in [-0.3, -0.25) is 9.59 Å². The van der Waals surface area contributed by atoms with E-state index in [-0.39, 0.29) is 11.9 Å². The quantitative estimate of drug-likeness (QED) is 0.780. The lowest BCUT2D eigenvalue weighted by Gasteiger charge is -2.31. The van der Waals surface area contributed by atoms with Gasteiger partial charge in [0.25, 0.3) is 5.91 Å². The highest BCUT2D eigenvalue weighted by Crippen LogP contribution is 2.23. The topological polar surface area (TPSA) is 58.6 Å². The third-order valence-electron chi connectivity index (χ3n) is 6.09. The summed E-state index contributed by atoms with van der Waals surface area (Å²) in [5.41, 5.74) is 2.09. The van der Waals surface area contributed by atoms with E-state index in [0.29, 0.717) is 12.3 Å². The number of carbonyl (C=O) groups excluding carboxylic acids is 2. The molecule has 148 valence electrons. The van der Waals surface area contributed by atoms with Crippen molar-refractivity contribution in [1.29, 1.82) is 0 Å². The third kappa shape index (κ3) is 5.80. The molecule has 2 aliphatic rings. The van der Waals surface area contributed by atoms with E-state index >= 15 is 0 Å². The molecule has 3 rings (SSSR count). The number of hydrogen-bond acceptors (Lipinski definition) is 4. The number of rotatable bonds is 6. The fourth-order valence-corrected chi connectivity index (χ4v) is 4.20. The van der Waals surface area contributed by atoms with Gasteiger partial charge in [0, 0.05) is 25.1 Å². The van der Waals surface area contributed by atoms with Crippen LogP contribution in [0.4, 0.5) is 0 Å². The van der Waals surface area contributed by atoms with E-state index in [1.165, 1.54) is 31.9 Å². The minimum absolute atomic E-state index is 0.108. The van der Waals surface area contributed by atoms with Gasteiger partial charge in [-0.15, -0.1) is 0 Å². The predicted molar refractivity (Wildman–Crippen MR) is 106 cm³/mol. The van der Waals surface area contributed by atoms with Crippen LogP contribution in [0, 0.1) is 11.8 Å². The van der Waals surface area contributed by atoms with Crippen molar-refractivity contribution >= 4 is 11.9 Å². The highest BCUT2D eigenvalue weighted by atomic mass is 16.5. The number of ether oxygens (including phenoxy) is 1. The monoisotopic (exact) mass is 372 g/mol. The predicted octanol–water partition coefficient (Wildman–Crippen LogP) is 3.03. The number of piperidine rings is 2. The molecule has 0 aliphatic carbocycles. The van der Waals surface area contributed by atoms with Crippen LogP contribution in [0.1, 0.15) is 54.4 Å². The number of amides is 1. The van der Waals surface area contributed by atoms with Gasteiger partial charge in [-0.1, -0.05) is 12.1 Å². The maximum atomic E-state index is 12.7. The van der Waals surface area contributed by atoms with Crippen LogP contribution in [0.3, 0.4) is 0 Å². The lowest BCUT2D eigenvalue weighted by Crippen LogP contribution is -2.39. The molecule has 0 spiro atoms. The summed E-state index contributed by atoms with van der Waals surface area (Å²) in [6.07, 6.45) is 7.10. The van der Waals surface area contributed by atoms with Gasteiger partial charge in [-0.25, -0.2) is 0 Å². The first-order chi connectivity index (χ1) is 13.2. The smallest absolute Gasteiger partial charge is 0.305 e. The Morgan fingerprint density at radius 2 is 1.70 bits per heavy atom. The first-order valence-electron chi connectivity index (χ1n) is 10.3. The van der Waals surface area contributed by atoms with E-state index in [1.807, 2.05) is 17.0 Å². The summed E-state index contributed by atoms with van der Waals surface area (Å²) in [4.78, 5) is 26.0. The van der Waals surface area contributed by atoms with Gasteiger partial charge in [0.15, 0.2) is 0 Å². The molecule has 27 heavy (non-hydrogen) atoms. The van der Waals surface area contributed by atoms with Crippen molar-refractivity contribution in [1.82, 2.24) is 10.2 Å². The number of likely N-dealkylation sites (tertiary alicyclic amines) is 1. The average molecular weight is 373 g/mol. The molecule has 2 aliphatic heterocycles. The number of methoxy groups -OCH3 is 1. The molecule has 0 aromatic heterocycles. The van der Waals surface area contributed by atoms with Gasteiger partial charge >= 0.3 is 5.97 Å². The molecule has 1 aromatic rings. The molecule has 1 N–H and O–H groups in total. The molecule has 5 heteroatoms. The molecular formula is C22H32N2O3. The Labute approximate surface area is 162 Å². The average Bonchev–Trinajstić information content (AvgIpc) is 2.73. The summed E-state index contributed by atoms with van der Waals surface area (Å²) in [6, 6.07) is 8.16. The Morgan fingerprint density at radius 3 is 2.33 bits per heavy atom. The van der Waals surface area contributed by atoms with Gasteiger partial charge in [0.1, 0.15) is 0 Å². The molecule has 0 saturated carbocycles. The second-order valence-electron chi connectivity index (χ2n) is 7.94. The van der Waals surface area contributed by atoms with E-state index < -0.39 is 0 Å². The van der Waals surface area contributed by atoms with Crippen molar-refractivity contribution in [2.24, 2.45) is 11.8 Å². The van der Waals surface area contributed by atoms with Crippen molar-refractivity contribution in [3.8, 4) is 0 Å². The minimum atomic E-state index is -0.153. The Morgan fingerprint density at radius 1 is 1.04 bits per heavy atom. The first-order valence-corrected chi connectivity index (χ1v) is 10.3. The SMILES string of the molecule is COC(=O)CC1CCN(C(=O)c2ccc(CCC3CCNCC3)cc2)CC1. The van der Waals surface area contributed by atoms with Crippen molar-refractivity contribution in [2.75, 3.05) is 33.3 Å². The molecule has 2 heterocycles. The molecule has 0 bridgehead atoms. The Bertz CT molecular complexity index is 615. The molecule has 0 atom stereocenters. The number of nitrogens with one attached hydrogen (secondary N) is 1. The zero-order valence-corrected chi connectivity index (χ0v) is 16.4. The van der Waals surface area contributed by atoms with Gasteiger partial charge < -0.3 is 15.0 Å². The summed E-state index contributed by atoms with van der Waals surface area (Å²) >= 11 is 0. The fourth-order valence-electron chi connectivity index (χ4n) is 4.20. The van der Waals surface area contributed by atoms with Crippen molar-refractivity contribution in [3.63, 3.8) is 0 Å². The molecule has 0 unspecified atom stereocenters. The second-order valence-corrected chi connectivity index (χ2v) is 7.94. The summed E-state index contributed by atoms with van der Waals surface area (Å²) < 4.78 is 4.74. The zero-order chi connectivity index (χ0) is 19.1. The summed E-state index contributed by atoms with van der Waals surface area (Å²) in [5, 5.41) is 3.41. The number of hydrogen-bond donors (Lipinski definition) is 1. The van der Waals surface area contributed by atoms with Crippen LogP contribution in [0.2, 0.25) is 0 Å². The maximum Gasteiger partial charge on any atom is 0.305 e. The molecule has 2 fully saturated rings. The van der Waals surface area contributed by atoms with Crippen LogP contribution < -0.4 is 5.32 Å². The fraction of sp³-hybridized carbons (Fsp3) is 0.636. The van der Waals surface area contributed by atoms with Gasteiger partial charge in [-0.2, -0.15) is 0 Å². The number of carbonyl (C=O) groups is 2. The number of aryl methyl sites for hydroxylation is 1. The van der Waals surface area contributed by atoms with Crippen molar-refractivity contribution in [2.45, 2.75) is 44.9 Å². The van der Waals surface area contributed by atoms with Gasteiger partial charge in [-0.05, 0) is 81.1 Å². The van der Waals surface area contributed by atoms with Gasteiger partial charge in [0.2, 0.25) is 0 Å². The summed E-state index contributed by atoms with van der Waals surface area (Å²) in [6.45, 7) is 3.73. The number of benzene rings is 1. The van der Waals surface area contributed by atoms with E-state index in [9.17, 15) is 9.59 Å². The maximum absolute atomic E-state index is 12.7. The first kappa shape index (κ1) is 19.9. The summed E-state index contributed by atoms with van der Waals surface area (Å²) in [5.74, 6) is 1.12.